The van der Waals surface area contributed by atoms with Gasteiger partial charge < -0.3 is 15.4 Å². The highest BCUT2D eigenvalue weighted by Gasteiger charge is 2.15. The molecule has 5 nitrogen and oxygen atoms in total. The molecule has 0 heterocycles. The van der Waals surface area contributed by atoms with Gasteiger partial charge in [0.2, 0.25) is 5.91 Å². The van der Waals surface area contributed by atoms with E-state index in [4.69, 9.17) is 4.74 Å². The van der Waals surface area contributed by atoms with Crippen LogP contribution in [-0.2, 0) is 9.53 Å². The van der Waals surface area contributed by atoms with Gasteiger partial charge in [-0.3, -0.25) is 4.79 Å². The van der Waals surface area contributed by atoms with Crippen LogP contribution in [0.15, 0.2) is 24.3 Å². The van der Waals surface area contributed by atoms with Gasteiger partial charge in [-0.25, -0.2) is 4.79 Å². The highest BCUT2D eigenvalue weighted by Crippen LogP contribution is 2.17. The Hall–Kier alpha value is -2.04. The molecule has 1 aromatic carbocycles. The fourth-order valence-corrected chi connectivity index (χ4v) is 2.71. The third-order valence-electron chi connectivity index (χ3n) is 3.98. The van der Waals surface area contributed by atoms with E-state index in [1.807, 2.05) is 6.92 Å². The summed E-state index contributed by atoms with van der Waals surface area (Å²) in [7, 11) is 0. The Labute approximate surface area is 137 Å². The first-order valence-electron chi connectivity index (χ1n) is 8.49. The molecular weight excluding hydrogens is 292 g/mol. The third kappa shape index (κ3) is 5.93. The van der Waals surface area contributed by atoms with Crippen molar-refractivity contribution in [2.75, 3.05) is 18.5 Å². The number of hydrogen-bond donors (Lipinski definition) is 2. The van der Waals surface area contributed by atoms with Crippen LogP contribution in [0.2, 0.25) is 0 Å². The molecule has 0 spiro atoms. The van der Waals surface area contributed by atoms with Gasteiger partial charge in [-0.15, -0.1) is 0 Å². The second kappa shape index (κ2) is 9.18. The van der Waals surface area contributed by atoms with Crippen LogP contribution in [-0.4, -0.2) is 31.1 Å². The van der Waals surface area contributed by atoms with E-state index in [9.17, 15) is 9.59 Å². The van der Waals surface area contributed by atoms with Crippen LogP contribution in [0.4, 0.5) is 5.69 Å². The second-order valence-corrected chi connectivity index (χ2v) is 5.97. The normalized spacial score (nSPS) is 15.0. The van der Waals surface area contributed by atoms with Gasteiger partial charge in [0, 0.05) is 11.7 Å². The molecule has 1 aromatic rings. The molecule has 2 N–H and O–H groups in total. The van der Waals surface area contributed by atoms with Gasteiger partial charge in [0.1, 0.15) is 0 Å². The average molecular weight is 318 g/mol. The largest absolute Gasteiger partial charge is 0.462 e. The van der Waals surface area contributed by atoms with Crippen LogP contribution in [0.5, 0.6) is 0 Å². The molecule has 1 amide bonds. The first-order chi connectivity index (χ1) is 11.2. The molecule has 1 aliphatic carbocycles. The SMILES string of the molecule is CCCOC(=O)c1ccc(NCC(=O)NC2CCCCC2)cc1. The van der Waals surface area contributed by atoms with Crippen molar-refractivity contribution in [2.45, 2.75) is 51.5 Å². The molecular formula is C18H26N2O3. The minimum absolute atomic E-state index is 0.0170. The Kier molecular flexibility index (Phi) is 6.91. The number of amides is 1. The summed E-state index contributed by atoms with van der Waals surface area (Å²) in [6, 6.07) is 7.32. The van der Waals surface area contributed by atoms with Gasteiger partial charge >= 0.3 is 5.97 Å². The second-order valence-electron chi connectivity index (χ2n) is 5.97. The maximum atomic E-state index is 11.9. The molecule has 2 rings (SSSR count). The average Bonchev–Trinajstić information content (AvgIpc) is 2.59. The number of hydrogen-bond acceptors (Lipinski definition) is 4. The quantitative estimate of drug-likeness (QED) is 0.758. The first-order valence-corrected chi connectivity index (χ1v) is 8.49. The lowest BCUT2D eigenvalue weighted by molar-refractivity contribution is -0.120. The molecule has 126 valence electrons. The monoisotopic (exact) mass is 318 g/mol. The fourth-order valence-electron chi connectivity index (χ4n) is 2.71. The molecule has 0 saturated heterocycles. The summed E-state index contributed by atoms with van der Waals surface area (Å²) in [6.45, 7) is 2.63. The maximum Gasteiger partial charge on any atom is 0.338 e. The summed E-state index contributed by atoms with van der Waals surface area (Å²) in [6.07, 6.45) is 6.65. The summed E-state index contributed by atoms with van der Waals surface area (Å²) < 4.78 is 5.08. The Morgan fingerprint density at radius 1 is 1.13 bits per heavy atom. The summed E-state index contributed by atoms with van der Waals surface area (Å²) in [4.78, 5) is 23.6. The lowest BCUT2D eigenvalue weighted by Crippen LogP contribution is -2.39. The number of ether oxygens (including phenoxy) is 1. The number of rotatable bonds is 7. The van der Waals surface area contributed by atoms with E-state index in [0.29, 0.717) is 18.2 Å². The summed E-state index contributed by atoms with van der Waals surface area (Å²) in [5.41, 5.74) is 1.34. The van der Waals surface area contributed by atoms with Crippen LogP contribution in [0.3, 0.4) is 0 Å². The zero-order chi connectivity index (χ0) is 16.5. The van der Waals surface area contributed by atoms with Crippen molar-refractivity contribution >= 4 is 17.6 Å². The number of anilines is 1. The number of carbonyl (C=O) groups excluding carboxylic acids is 2. The van der Waals surface area contributed by atoms with Gasteiger partial charge in [-0.1, -0.05) is 26.2 Å². The standard InChI is InChI=1S/C18H26N2O3/c1-2-12-23-18(22)14-8-10-15(11-9-14)19-13-17(21)20-16-6-4-3-5-7-16/h8-11,16,19H,2-7,12-13H2,1H3,(H,20,21). The van der Waals surface area contributed by atoms with Crippen molar-refractivity contribution in [3.05, 3.63) is 29.8 Å². The van der Waals surface area contributed by atoms with E-state index >= 15 is 0 Å². The van der Waals surface area contributed by atoms with Crippen LogP contribution < -0.4 is 10.6 Å². The smallest absolute Gasteiger partial charge is 0.338 e. The minimum Gasteiger partial charge on any atom is -0.462 e. The van der Waals surface area contributed by atoms with E-state index in [0.717, 1.165) is 24.9 Å². The van der Waals surface area contributed by atoms with Crippen molar-refractivity contribution in [3.8, 4) is 0 Å². The van der Waals surface area contributed by atoms with E-state index in [1.54, 1.807) is 24.3 Å². The lowest BCUT2D eigenvalue weighted by atomic mass is 9.95. The lowest BCUT2D eigenvalue weighted by Gasteiger charge is -2.22. The van der Waals surface area contributed by atoms with E-state index in [-0.39, 0.29) is 18.4 Å². The van der Waals surface area contributed by atoms with Crippen LogP contribution in [0, 0.1) is 0 Å². The predicted molar refractivity (Wildman–Crippen MR) is 90.5 cm³/mol. The zero-order valence-electron chi connectivity index (χ0n) is 13.8. The molecule has 23 heavy (non-hydrogen) atoms. The summed E-state index contributed by atoms with van der Waals surface area (Å²) >= 11 is 0. The number of esters is 1. The van der Waals surface area contributed by atoms with Crippen LogP contribution in [0.1, 0.15) is 55.8 Å². The van der Waals surface area contributed by atoms with Gasteiger partial charge in [0.05, 0.1) is 18.7 Å². The number of nitrogens with one attached hydrogen (secondary N) is 2. The van der Waals surface area contributed by atoms with Crippen molar-refractivity contribution < 1.29 is 14.3 Å². The summed E-state index contributed by atoms with van der Waals surface area (Å²) in [5, 5.41) is 6.15. The Bertz CT molecular complexity index is 508. The molecule has 0 aromatic heterocycles. The van der Waals surface area contributed by atoms with Gasteiger partial charge in [0.25, 0.3) is 0 Å². The molecule has 1 saturated carbocycles. The fraction of sp³-hybridized carbons (Fsp3) is 0.556. The number of benzene rings is 1. The Morgan fingerprint density at radius 2 is 1.83 bits per heavy atom. The Balaban J connectivity index is 1.74. The molecule has 0 unspecified atom stereocenters. The minimum atomic E-state index is -0.312. The highest BCUT2D eigenvalue weighted by molar-refractivity contribution is 5.90. The van der Waals surface area contributed by atoms with Crippen molar-refractivity contribution in [1.29, 1.82) is 0 Å². The molecule has 0 atom stereocenters. The van der Waals surface area contributed by atoms with Crippen LogP contribution in [0.25, 0.3) is 0 Å². The molecule has 0 aliphatic heterocycles. The number of carbonyl (C=O) groups is 2. The van der Waals surface area contributed by atoms with Gasteiger partial charge in [-0.05, 0) is 43.5 Å². The molecule has 0 radical (unpaired) electrons. The molecule has 1 aliphatic rings. The summed E-state index contributed by atoms with van der Waals surface area (Å²) in [5.74, 6) is -0.295. The maximum absolute atomic E-state index is 11.9. The third-order valence-corrected chi connectivity index (χ3v) is 3.98. The molecule has 5 heteroatoms. The van der Waals surface area contributed by atoms with Gasteiger partial charge in [-0.2, -0.15) is 0 Å². The molecule has 1 fully saturated rings. The van der Waals surface area contributed by atoms with E-state index < -0.39 is 0 Å². The zero-order valence-corrected chi connectivity index (χ0v) is 13.8. The van der Waals surface area contributed by atoms with E-state index in [2.05, 4.69) is 10.6 Å². The highest BCUT2D eigenvalue weighted by atomic mass is 16.5. The van der Waals surface area contributed by atoms with E-state index in [1.165, 1.54) is 19.3 Å². The predicted octanol–water partition coefficient (Wildman–Crippen LogP) is 3.11. The van der Waals surface area contributed by atoms with Gasteiger partial charge in [0.15, 0.2) is 0 Å². The topological polar surface area (TPSA) is 67.4 Å². The van der Waals surface area contributed by atoms with Crippen LogP contribution >= 0.6 is 0 Å². The molecule has 0 bridgehead atoms. The Morgan fingerprint density at radius 3 is 2.48 bits per heavy atom. The first kappa shape index (κ1) is 17.3. The van der Waals surface area contributed by atoms with Crippen molar-refractivity contribution in [3.63, 3.8) is 0 Å². The van der Waals surface area contributed by atoms with Crippen molar-refractivity contribution in [1.82, 2.24) is 5.32 Å². The van der Waals surface area contributed by atoms with Crippen molar-refractivity contribution in [2.24, 2.45) is 0 Å².